The predicted octanol–water partition coefficient (Wildman–Crippen LogP) is 4.06. The summed E-state index contributed by atoms with van der Waals surface area (Å²) in [6, 6.07) is 4.37. The molecule has 2 N–H and O–H groups in total. The third-order valence-corrected chi connectivity index (χ3v) is 6.39. The highest BCUT2D eigenvalue weighted by molar-refractivity contribution is 8.18. The van der Waals surface area contributed by atoms with Crippen LogP contribution in [0.2, 0.25) is 0 Å². The first kappa shape index (κ1) is 15.6. The minimum atomic E-state index is -4.90. The zero-order valence-corrected chi connectivity index (χ0v) is 12.4. The molecular formula is C13H14F3NOS2. The number of carbonyl (C=O) groups excluding carboxylic acids is 1. The third kappa shape index (κ3) is 3.09. The van der Waals surface area contributed by atoms with Gasteiger partial charge in [-0.3, -0.25) is 4.79 Å². The molecule has 2 rings (SSSR count). The van der Waals surface area contributed by atoms with E-state index in [0.717, 1.165) is 17.9 Å². The fourth-order valence-electron chi connectivity index (χ4n) is 1.99. The quantitative estimate of drug-likeness (QED) is 0.659. The summed E-state index contributed by atoms with van der Waals surface area (Å²) >= 11 is 3.36. The standard InChI is InChI=1S/C13H14F3NOS2/c1-12(19-5-2-6-20-12)8-3-4-10(17)9(7-8)11(18)13(14,15)16/h3-4,7H,2,5-6,17H2,1H3. The number of benzene rings is 1. The molecule has 0 radical (unpaired) electrons. The zero-order chi connectivity index (χ0) is 15.0. The van der Waals surface area contributed by atoms with Crippen LogP contribution in [0.25, 0.3) is 0 Å². The van der Waals surface area contributed by atoms with Crippen molar-refractivity contribution < 1.29 is 18.0 Å². The lowest BCUT2D eigenvalue weighted by atomic mass is 10.0. The van der Waals surface area contributed by atoms with Crippen LogP contribution in [0.3, 0.4) is 0 Å². The summed E-state index contributed by atoms with van der Waals surface area (Å²) in [5.74, 6) is 0.0265. The number of hydrogen-bond donors (Lipinski definition) is 1. The van der Waals surface area contributed by atoms with Gasteiger partial charge in [0.25, 0.3) is 5.78 Å². The Morgan fingerprint density at radius 3 is 2.45 bits per heavy atom. The van der Waals surface area contributed by atoms with Crippen LogP contribution in [0.4, 0.5) is 18.9 Å². The Hall–Kier alpha value is -0.820. The number of thioether (sulfide) groups is 2. The Morgan fingerprint density at radius 2 is 1.90 bits per heavy atom. The lowest BCUT2D eigenvalue weighted by Crippen LogP contribution is -2.25. The first-order valence-corrected chi connectivity index (χ1v) is 8.00. The third-order valence-electron chi connectivity index (χ3n) is 3.12. The largest absolute Gasteiger partial charge is 0.454 e. The van der Waals surface area contributed by atoms with Crippen LogP contribution in [-0.4, -0.2) is 23.5 Å². The molecule has 0 unspecified atom stereocenters. The topological polar surface area (TPSA) is 43.1 Å². The second-order valence-corrected chi connectivity index (χ2v) is 7.91. The number of halogens is 3. The molecule has 110 valence electrons. The van der Waals surface area contributed by atoms with Gasteiger partial charge in [-0.25, -0.2) is 0 Å². The molecule has 1 heterocycles. The molecule has 1 aliphatic rings. The van der Waals surface area contributed by atoms with Crippen LogP contribution in [0.1, 0.15) is 29.3 Å². The molecule has 0 spiro atoms. The van der Waals surface area contributed by atoms with Crippen molar-refractivity contribution in [1.29, 1.82) is 0 Å². The van der Waals surface area contributed by atoms with E-state index >= 15 is 0 Å². The SMILES string of the molecule is CC1(c2ccc(N)c(C(=O)C(F)(F)F)c2)SCCCS1. The summed E-state index contributed by atoms with van der Waals surface area (Å²) in [6.07, 6.45) is -3.82. The van der Waals surface area contributed by atoms with Crippen molar-refractivity contribution >= 4 is 35.0 Å². The summed E-state index contributed by atoms with van der Waals surface area (Å²) in [4.78, 5) is 11.4. The summed E-state index contributed by atoms with van der Waals surface area (Å²) in [5, 5.41) is 0. The fraction of sp³-hybridized carbons (Fsp3) is 0.462. The number of nitrogens with two attached hydrogens (primary N) is 1. The van der Waals surface area contributed by atoms with Gasteiger partial charge in [0.2, 0.25) is 0 Å². The van der Waals surface area contributed by atoms with Crippen molar-refractivity contribution in [3.63, 3.8) is 0 Å². The molecule has 0 saturated carbocycles. The summed E-state index contributed by atoms with van der Waals surface area (Å²) < 4.78 is 37.4. The summed E-state index contributed by atoms with van der Waals surface area (Å²) in [7, 11) is 0. The van der Waals surface area contributed by atoms with Crippen LogP contribution in [-0.2, 0) is 4.08 Å². The number of alkyl halides is 3. The van der Waals surface area contributed by atoms with Gasteiger partial charge in [-0.2, -0.15) is 13.2 Å². The Labute approximate surface area is 123 Å². The molecule has 0 atom stereocenters. The van der Waals surface area contributed by atoms with Crippen molar-refractivity contribution in [2.24, 2.45) is 0 Å². The van der Waals surface area contributed by atoms with Crippen molar-refractivity contribution in [3.8, 4) is 0 Å². The van der Waals surface area contributed by atoms with Crippen LogP contribution in [0.5, 0.6) is 0 Å². The summed E-state index contributed by atoms with van der Waals surface area (Å²) in [6.45, 7) is 1.97. The van der Waals surface area contributed by atoms with Crippen LogP contribution >= 0.6 is 23.5 Å². The van der Waals surface area contributed by atoms with E-state index in [0.29, 0.717) is 5.56 Å². The Bertz CT molecular complexity index is 525. The molecule has 2 nitrogen and oxygen atoms in total. The highest BCUT2D eigenvalue weighted by Gasteiger charge is 2.41. The van der Waals surface area contributed by atoms with Gasteiger partial charge in [0.05, 0.1) is 9.64 Å². The van der Waals surface area contributed by atoms with Gasteiger partial charge < -0.3 is 5.73 Å². The molecule has 1 aromatic carbocycles. The number of ketones is 1. The monoisotopic (exact) mass is 321 g/mol. The zero-order valence-electron chi connectivity index (χ0n) is 10.8. The van der Waals surface area contributed by atoms with Crippen molar-refractivity contribution in [1.82, 2.24) is 0 Å². The molecule has 1 fully saturated rings. The maximum Gasteiger partial charge on any atom is 0.454 e. The van der Waals surface area contributed by atoms with E-state index < -0.39 is 17.5 Å². The van der Waals surface area contributed by atoms with Crippen molar-refractivity contribution in [2.75, 3.05) is 17.2 Å². The van der Waals surface area contributed by atoms with Gasteiger partial charge in [-0.15, -0.1) is 23.5 Å². The van der Waals surface area contributed by atoms with E-state index in [4.69, 9.17) is 5.73 Å². The van der Waals surface area contributed by atoms with Crippen molar-refractivity contribution in [2.45, 2.75) is 23.6 Å². The van der Waals surface area contributed by atoms with Gasteiger partial charge >= 0.3 is 6.18 Å². The highest BCUT2D eigenvalue weighted by atomic mass is 32.2. The first-order chi connectivity index (χ1) is 9.24. The van der Waals surface area contributed by atoms with Gasteiger partial charge in [0.15, 0.2) is 0 Å². The second kappa shape index (κ2) is 5.52. The second-order valence-electron chi connectivity index (χ2n) is 4.63. The maximum atomic E-state index is 12.6. The number of anilines is 1. The smallest absolute Gasteiger partial charge is 0.398 e. The maximum absolute atomic E-state index is 12.6. The molecular weight excluding hydrogens is 307 g/mol. The van der Waals surface area contributed by atoms with Gasteiger partial charge in [0, 0.05) is 5.69 Å². The Kier molecular flexibility index (Phi) is 4.30. The van der Waals surface area contributed by atoms with Crippen LogP contribution in [0.15, 0.2) is 18.2 Å². The van der Waals surface area contributed by atoms with Crippen LogP contribution in [0, 0.1) is 0 Å². The van der Waals surface area contributed by atoms with E-state index in [9.17, 15) is 18.0 Å². The molecule has 20 heavy (non-hydrogen) atoms. The number of Topliss-reactive ketones (excluding diaryl/α,β-unsaturated/α-hetero) is 1. The molecule has 7 heteroatoms. The minimum Gasteiger partial charge on any atom is -0.398 e. The normalized spacial score (nSPS) is 18.8. The highest BCUT2D eigenvalue weighted by Crippen LogP contribution is 2.50. The molecule has 0 amide bonds. The van der Waals surface area contributed by atoms with Gasteiger partial charge in [0.1, 0.15) is 0 Å². The number of nitrogen functional groups attached to an aromatic ring is 1. The lowest BCUT2D eigenvalue weighted by molar-refractivity contribution is -0.0884. The molecule has 0 bridgehead atoms. The number of rotatable bonds is 2. The average Bonchev–Trinajstić information content (AvgIpc) is 2.38. The lowest BCUT2D eigenvalue weighted by Gasteiger charge is -2.33. The van der Waals surface area contributed by atoms with Gasteiger partial charge in [-0.05, 0) is 42.5 Å². The van der Waals surface area contributed by atoms with Crippen LogP contribution < -0.4 is 5.73 Å². The number of carbonyl (C=O) groups is 1. The van der Waals surface area contributed by atoms with Gasteiger partial charge in [-0.1, -0.05) is 6.07 Å². The van der Waals surface area contributed by atoms with E-state index in [1.807, 2.05) is 6.92 Å². The fourth-order valence-corrected chi connectivity index (χ4v) is 4.95. The van der Waals surface area contributed by atoms with E-state index in [-0.39, 0.29) is 9.77 Å². The average molecular weight is 321 g/mol. The molecule has 0 aromatic heterocycles. The van der Waals surface area contributed by atoms with E-state index in [1.54, 1.807) is 29.6 Å². The van der Waals surface area contributed by atoms with E-state index in [2.05, 4.69) is 0 Å². The number of hydrogen-bond acceptors (Lipinski definition) is 4. The first-order valence-electron chi connectivity index (χ1n) is 6.03. The minimum absolute atomic E-state index is 0.134. The summed E-state index contributed by atoms with van der Waals surface area (Å²) in [5.41, 5.74) is 5.64. The molecule has 1 saturated heterocycles. The van der Waals surface area contributed by atoms with E-state index in [1.165, 1.54) is 12.1 Å². The predicted molar refractivity (Wildman–Crippen MR) is 78.1 cm³/mol. The Balaban J connectivity index is 2.41. The molecule has 1 aromatic rings. The molecule has 0 aliphatic carbocycles. The molecule has 1 aliphatic heterocycles. The van der Waals surface area contributed by atoms with Crippen molar-refractivity contribution in [3.05, 3.63) is 29.3 Å². The Morgan fingerprint density at radius 1 is 1.30 bits per heavy atom.